The second-order valence-electron chi connectivity index (χ2n) is 6.19. The lowest BCUT2D eigenvalue weighted by molar-refractivity contribution is 0.0976. The van der Waals surface area contributed by atoms with Gasteiger partial charge in [-0.3, -0.25) is 4.79 Å². The summed E-state index contributed by atoms with van der Waals surface area (Å²) in [5, 5.41) is 3.47. The highest BCUT2D eigenvalue weighted by atomic mass is 16.5. The predicted octanol–water partition coefficient (Wildman–Crippen LogP) is 5.13. The number of ketones is 1. The number of rotatable bonds is 8. The maximum Gasteiger partial charge on any atom is 0.165 e. The highest BCUT2D eigenvalue weighted by Gasteiger charge is 2.17. The number of anilines is 1. The number of ether oxygens (including phenoxy) is 2. The lowest BCUT2D eigenvalue weighted by Gasteiger charge is -2.20. The summed E-state index contributed by atoms with van der Waals surface area (Å²) in [6, 6.07) is 24.8. The van der Waals surface area contributed by atoms with Gasteiger partial charge in [-0.15, -0.1) is 0 Å². The number of methoxy groups -OCH3 is 2. The number of benzene rings is 3. The molecule has 4 heteroatoms. The Balaban J connectivity index is 1.79. The molecule has 0 radical (unpaired) electrons. The third kappa shape index (κ3) is 4.88. The fourth-order valence-electron chi connectivity index (χ4n) is 2.91. The van der Waals surface area contributed by atoms with Crippen LogP contribution >= 0.6 is 0 Å². The standard InChI is InChI=1S/C23H23NO3/c1-26-20-12-8-18(9-13-20)23(25)16-22(17-6-4-3-5-7-17)24-19-10-14-21(27-2)15-11-19/h3-15,22,24H,16H2,1-2H3. The average Bonchev–Trinajstić information content (AvgIpc) is 2.74. The molecule has 0 saturated heterocycles. The van der Waals surface area contributed by atoms with Gasteiger partial charge in [-0.05, 0) is 54.1 Å². The molecule has 0 saturated carbocycles. The van der Waals surface area contributed by atoms with Crippen molar-refractivity contribution in [3.63, 3.8) is 0 Å². The van der Waals surface area contributed by atoms with Crippen LogP contribution in [0.15, 0.2) is 78.9 Å². The SMILES string of the molecule is COc1ccc(NC(CC(=O)c2ccc(OC)cc2)c2ccccc2)cc1. The lowest BCUT2D eigenvalue weighted by Crippen LogP contribution is -2.15. The van der Waals surface area contributed by atoms with E-state index in [1.165, 1.54) is 0 Å². The van der Waals surface area contributed by atoms with Crippen molar-refractivity contribution in [2.45, 2.75) is 12.5 Å². The van der Waals surface area contributed by atoms with Gasteiger partial charge in [0.1, 0.15) is 11.5 Å². The molecular weight excluding hydrogens is 338 g/mol. The van der Waals surface area contributed by atoms with Gasteiger partial charge in [0.15, 0.2) is 5.78 Å². The van der Waals surface area contributed by atoms with Gasteiger partial charge in [0, 0.05) is 17.7 Å². The van der Waals surface area contributed by atoms with Crippen molar-refractivity contribution in [2.75, 3.05) is 19.5 Å². The van der Waals surface area contributed by atoms with E-state index in [2.05, 4.69) is 5.32 Å². The molecule has 1 N–H and O–H groups in total. The van der Waals surface area contributed by atoms with Crippen LogP contribution in [0, 0.1) is 0 Å². The molecule has 138 valence electrons. The topological polar surface area (TPSA) is 47.6 Å². The molecule has 0 aliphatic rings. The monoisotopic (exact) mass is 361 g/mol. The molecule has 27 heavy (non-hydrogen) atoms. The van der Waals surface area contributed by atoms with Gasteiger partial charge in [0.05, 0.1) is 20.3 Å². The summed E-state index contributed by atoms with van der Waals surface area (Å²) in [6.07, 6.45) is 0.350. The Labute approximate surface area is 159 Å². The first-order valence-corrected chi connectivity index (χ1v) is 8.82. The zero-order valence-corrected chi connectivity index (χ0v) is 15.5. The van der Waals surface area contributed by atoms with Gasteiger partial charge in [-0.1, -0.05) is 30.3 Å². The van der Waals surface area contributed by atoms with E-state index < -0.39 is 0 Å². The number of hydrogen-bond donors (Lipinski definition) is 1. The van der Waals surface area contributed by atoms with Crippen molar-refractivity contribution in [1.82, 2.24) is 0 Å². The van der Waals surface area contributed by atoms with E-state index in [9.17, 15) is 4.79 Å². The molecular formula is C23H23NO3. The molecule has 3 rings (SSSR count). The average molecular weight is 361 g/mol. The van der Waals surface area contributed by atoms with Crippen LogP contribution in [0.5, 0.6) is 11.5 Å². The van der Waals surface area contributed by atoms with Crippen LogP contribution in [0.4, 0.5) is 5.69 Å². The van der Waals surface area contributed by atoms with Gasteiger partial charge in [0.2, 0.25) is 0 Å². The third-order valence-corrected chi connectivity index (χ3v) is 4.43. The van der Waals surface area contributed by atoms with Crippen molar-refractivity contribution in [3.8, 4) is 11.5 Å². The van der Waals surface area contributed by atoms with Gasteiger partial charge in [0.25, 0.3) is 0 Å². The normalized spacial score (nSPS) is 11.5. The zero-order chi connectivity index (χ0) is 19.1. The maximum absolute atomic E-state index is 12.8. The number of nitrogens with one attached hydrogen (secondary N) is 1. The van der Waals surface area contributed by atoms with Crippen LogP contribution in [0.1, 0.15) is 28.4 Å². The van der Waals surface area contributed by atoms with E-state index in [0.29, 0.717) is 12.0 Å². The minimum absolute atomic E-state index is 0.0764. The largest absolute Gasteiger partial charge is 0.497 e. The van der Waals surface area contributed by atoms with Crippen molar-refractivity contribution >= 4 is 11.5 Å². The molecule has 1 atom stereocenters. The van der Waals surface area contributed by atoms with Crippen molar-refractivity contribution in [2.24, 2.45) is 0 Å². The van der Waals surface area contributed by atoms with Gasteiger partial charge in [-0.2, -0.15) is 0 Å². The zero-order valence-electron chi connectivity index (χ0n) is 15.5. The van der Waals surface area contributed by atoms with Crippen molar-refractivity contribution < 1.29 is 14.3 Å². The Morgan fingerprint density at radius 1 is 0.815 bits per heavy atom. The van der Waals surface area contributed by atoms with E-state index in [-0.39, 0.29) is 11.8 Å². The Hall–Kier alpha value is -3.27. The summed E-state index contributed by atoms with van der Waals surface area (Å²) >= 11 is 0. The molecule has 1 unspecified atom stereocenters. The predicted molar refractivity (Wildman–Crippen MR) is 108 cm³/mol. The molecule has 0 amide bonds. The Kier molecular flexibility index (Phi) is 6.10. The lowest BCUT2D eigenvalue weighted by atomic mass is 9.97. The summed E-state index contributed by atoms with van der Waals surface area (Å²) in [6.45, 7) is 0. The molecule has 0 spiro atoms. The minimum atomic E-state index is -0.130. The van der Waals surface area contributed by atoms with Gasteiger partial charge >= 0.3 is 0 Å². The fraction of sp³-hybridized carbons (Fsp3) is 0.174. The molecule has 3 aromatic rings. The molecule has 0 aliphatic carbocycles. The molecule has 4 nitrogen and oxygen atoms in total. The van der Waals surface area contributed by atoms with Crippen LogP contribution in [-0.4, -0.2) is 20.0 Å². The van der Waals surface area contributed by atoms with Crippen LogP contribution < -0.4 is 14.8 Å². The highest BCUT2D eigenvalue weighted by Crippen LogP contribution is 2.26. The Morgan fingerprint density at radius 2 is 1.37 bits per heavy atom. The quantitative estimate of drug-likeness (QED) is 0.565. The summed E-state index contributed by atoms with van der Waals surface area (Å²) in [7, 11) is 3.25. The van der Waals surface area contributed by atoms with E-state index in [4.69, 9.17) is 9.47 Å². The van der Waals surface area contributed by atoms with Crippen molar-refractivity contribution in [1.29, 1.82) is 0 Å². The summed E-state index contributed by atoms with van der Waals surface area (Å²) in [5.74, 6) is 1.61. The smallest absolute Gasteiger partial charge is 0.165 e. The summed E-state index contributed by atoms with van der Waals surface area (Å²) in [4.78, 5) is 12.8. The van der Waals surface area contributed by atoms with E-state index in [1.807, 2.05) is 66.7 Å². The van der Waals surface area contributed by atoms with Crippen LogP contribution in [-0.2, 0) is 0 Å². The molecule has 3 aromatic carbocycles. The van der Waals surface area contributed by atoms with E-state index >= 15 is 0 Å². The van der Waals surface area contributed by atoms with Crippen LogP contribution in [0.25, 0.3) is 0 Å². The second kappa shape index (κ2) is 8.90. The number of carbonyl (C=O) groups is 1. The Morgan fingerprint density at radius 3 is 1.93 bits per heavy atom. The molecule has 0 aromatic heterocycles. The van der Waals surface area contributed by atoms with Gasteiger partial charge in [-0.25, -0.2) is 0 Å². The molecule has 0 bridgehead atoms. The summed E-state index contributed by atoms with van der Waals surface area (Å²) < 4.78 is 10.4. The van der Waals surface area contributed by atoms with Gasteiger partial charge < -0.3 is 14.8 Å². The molecule has 0 heterocycles. The first kappa shape index (κ1) is 18.5. The van der Waals surface area contributed by atoms with Crippen molar-refractivity contribution in [3.05, 3.63) is 90.0 Å². The third-order valence-electron chi connectivity index (χ3n) is 4.43. The number of carbonyl (C=O) groups excluding carboxylic acids is 1. The van der Waals surface area contributed by atoms with E-state index in [0.717, 1.165) is 22.7 Å². The maximum atomic E-state index is 12.8. The van der Waals surface area contributed by atoms with Crippen LogP contribution in [0.3, 0.4) is 0 Å². The summed E-state index contributed by atoms with van der Waals surface area (Å²) in [5.41, 5.74) is 2.68. The first-order chi connectivity index (χ1) is 13.2. The van der Waals surface area contributed by atoms with E-state index in [1.54, 1.807) is 26.4 Å². The minimum Gasteiger partial charge on any atom is -0.497 e. The van der Waals surface area contributed by atoms with Crippen LogP contribution in [0.2, 0.25) is 0 Å². The number of hydrogen-bond acceptors (Lipinski definition) is 4. The highest BCUT2D eigenvalue weighted by molar-refractivity contribution is 5.96. The number of Topliss-reactive ketones (excluding diaryl/α,β-unsaturated/α-hetero) is 1. The second-order valence-corrected chi connectivity index (χ2v) is 6.19. The molecule has 0 aliphatic heterocycles. The fourth-order valence-corrected chi connectivity index (χ4v) is 2.91. The first-order valence-electron chi connectivity index (χ1n) is 8.82. The Bertz CT molecular complexity index is 858. The molecule has 0 fully saturated rings.